The zero-order valence-electron chi connectivity index (χ0n) is 8.82. The van der Waals surface area contributed by atoms with Crippen LogP contribution in [0.2, 0.25) is 5.02 Å². The molecule has 2 rings (SSSR count). The third kappa shape index (κ3) is 1.96. The number of hydrogen-bond donors (Lipinski definition) is 0. The van der Waals surface area contributed by atoms with Gasteiger partial charge in [0.1, 0.15) is 10.7 Å². The Balaban J connectivity index is 2.41. The average molecular weight is 261 g/mol. The molecule has 1 atom stereocenters. The smallest absolute Gasteiger partial charge is 0.151 e. The second-order valence-electron chi connectivity index (χ2n) is 4.23. The lowest BCUT2D eigenvalue weighted by Crippen LogP contribution is -2.37. The van der Waals surface area contributed by atoms with Crippen molar-refractivity contribution in [1.29, 1.82) is 0 Å². The summed E-state index contributed by atoms with van der Waals surface area (Å²) in [6, 6.07) is 3.01. The van der Waals surface area contributed by atoms with Crippen molar-refractivity contribution >= 4 is 29.0 Å². The van der Waals surface area contributed by atoms with Gasteiger partial charge in [-0.15, -0.1) is 11.6 Å². The van der Waals surface area contributed by atoms with E-state index in [1.54, 1.807) is 6.07 Å². The van der Waals surface area contributed by atoms with E-state index < -0.39 is 10.7 Å². The van der Waals surface area contributed by atoms with Crippen molar-refractivity contribution in [1.82, 2.24) is 0 Å². The van der Waals surface area contributed by atoms with Crippen molar-refractivity contribution in [3.63, 3.8) is 0 Å². The molecule has 1 aliphatic carbocycles. The number of rotatable bonds is 1. The second kappa shape index (κ2) is 4.01. The van der Waals surface area contributed by atoms with E-state index in [2.05, 4.69) is 0 Å². The van der Waals surface area contributed by atoms with Crippen LogP contribution in [0.1, 0.15) is 24.5 Å². The maximum atomic E-state index is 13.2. The van der Waals surface area contributed by atoms with Gasteiger partial charge >= 0.3 is 0 Å². The first-order valence-corrected chi connectivity index (χ1v) is 5.85. The van der Waals surface area contributed by atoms with Crippen molar-refractivity contribution in [2.24, 2.45) is 0 Å². The number of fused-ring (bicyclic) bond motifs is 1. The van der Waals surface area contributed by atoms with E-state index in [1.165, 1.54) is 13.0 Å². The van der Waals surface area contributed by atoms with Crippen molar-refractivity contribution in [2.75, 3.05) is 0 Å². The van der Waals surface area contributed by atoms with Crippen molar-refractivity contribution < 1.29 is 9.18 Å². The summed E-state index contributed by atoms with van der Waals surface area (Å²) in [5, 5.41) is 0.0863. The minimum atomic E-state index is -0.839. The fraction of sp³-hybridized carbons (Fsp3) is 0.417. The van der Waals surface area contributed by atoms with E-state index in [1.807, 2.05) is 0 Å². The summed E-state index contributed by atoms with van der Waals surface area (Å²) in [5.74, 6) is -0.453. The molecule has 0 aliphatic heterocycles. The molecule has 0 radical (unpaired) electrons. The van der Waals surface area contributed by atoms with E-state index >= 15 is 0 Å². The topological polar surface area (TPSA) is 17.1 Å². The maximum absolute atomic E-state index is 13.2. The van der Waals surface area contributed by atoms with E-state index in [0.29, 0.717) is 19.3 Å². The summed E-state index contributed by atoms with van der Waals surface area (Å²) >= 11 is 12.0. The lowest BCUT2D eigenvalue weighted by Gasteiger charge is -2.30. The number of halogens is 3. The Morgan fingerprint density at radius 1 is 1.44 bits per heavy atom. The Morgan fingerprint density at radius 3 is 2.75 bits per heavy atom. The highest BCUT2D eigenvalue weighted by Crippen LogP contribution is 2.36. The summed E-state index contributed by atoms with van der Waals surface area (Å²) < 4.78 is 13.2. The minimum absolute atomic E-state index is 0.0414. The van der Waals surface area contributed by atoms with E-state index in [0.717, 1.165) is 11.1 Å². The van der Waals surface area contributed by atoms with Gasteiger partial charge in [0.2, 0.25) is 0 Å². The molecule has 4 heteroatoms. The van der Waals surface area contributed by atoms with Crippen LogP contribution in [0.3, 0.4) is 0 Å². The second-order valence-corrected chi connectivity index (χ2v) is 5.36. The fourth-order valence-electron chi connectivity index (χ4n) is 2.05. The van der Waals surface area contributed by atoms with Crippen LogP contribution < -0.4 is 0 Å². The maximum Gasteiger partial charge on any atom is 0.151 e. The number of ketones is 1. The summed E-state index contributed by atoms with van der Waals surface area (Å²) in [6.45, 7) is 1.49. The first-order chi connectivity index (χ1) is 7.42. The number of hydrogen-bond acceptors (Lipinski definition) is 1. The molecule has 0 heterocycles. The zero-order valence-corrected chi connectivity index (χ0v) is 10.3. The van der Waals surface area contributed by atoms with Crippen LogP contribution in [0.25, 0.3) is 0 Å². The van der Waals surface area contributed by atoms with Crippen LogP contribution in [-0.4, -0.2) is 10.7 Å². The number of aryl methyl sites for hydroxylation is 1. The van der Waals surface area contributed by atoms with Crippen LogP contribution in [0, 0.1) is 5.82 Å². The molecule has 0 fully saturated rings. The molecule has 0 N–H and O–H groups in total. The van der Waals surface area contributed by atoms with Gasteiger partial charge in [-0.3, -0.25) is 4.79 Å². The lowest BCUT2D eigenvalue weighted by molar-refractivity contribution is -0.119. The van der Waals surface area contributed by atoms with E-state index in [9.17, 15) is 9.18 Å². The molecule has 1 aliphatic rings. The van der Waals surface area contributed by atoms with E-state index in [4.69, 9.17) is 23.2 Å². The normalized spacial score (nSPS) is 24.0. The van der Waals surface area contributed by atoms with Gasteiger partial charge < -0.3 is 0 Å². The number of alkyl halides is 1. The van der Waals surface area contributed by atoms with E-state index in [-0.39, 0.29) is 10.8 Å². The molecule has 0 spiro atoms. The Kier molecular flexibility index (Phi) is 2.97. The molecular formula is C12H11Cl2FO. The fourth-order valence-corrected chi connectivity index (χ4v) is 2.47. The van der Waals surface area contributed by atoms with Gasteiger partial charge in [-0.1, -0.05) is 11.6 Å². The quantitative estimate of drug-likeness (QED) is 0.707. The highest BCUT2D eigenvalue weighted by atomic mass is 35.5. The van der Waals surface area contributed by atoms with Crippen LogP contribution in [-0.2, 0) is 17.6 Å². The van der Waals surface area contributed by atoms with Gasteiger partial charge in [-0.25, -0.2) is 4.39 Å². The molecule has 0 bridgehead atoms. The largest absolute Gasteiger partial charge is 0.298 e. The molecule has 0 saturated carbocycles. The van der Waals surface area contributed by atoms with Crippen LogP contribution >= 0.6 is 23.2 Å². The average Bonchev–Trinajstić information content (AvgIpc) is 2.20. The number of benzene rings is 1. The molecule has 16 heavy (non-hydrogen) atoms. The molecule has 1 aromatic rings. The summed E-state index contributed by atoms with van der Waals surface area (Å²) in [5.41, 5.74) is 1.78. The third-order valence-electron chi connectivity index (χ3n) is 3.13. The van der Waals surface area contributed by atoms with Crippen LogP contribution in [0.15, 0.2) is 12.1 Å². The first-order valence-electron chi connectivity index (χ1n) is 5.09. The number of carbonyl (C=O) groups excluding carboxylic acids is 1. The van der Waals surface area contributed by atoms with Crippen LogP contribution in [0.5, 0.6) is 0 Å². The van der Waals surface area contributed by atoms with Crippen molar-refractivity contribution in [3.8, 4) is 0 Å². The molecular weight excluding hydrogens is 250 g/mol. The van der Waals surface area contributed by atoms with Gasteiger partial charge in [0.05, 0.1) is 5.02 Å². The van der Waals surface area contributed by atoms with Gasteiger partial charge in [0.15, 0.2) is 5.78 Å². The standard InChI is InChI=1S/C12H11Cl2FO/c1-7(16)12(14)3-2-8-5-11(15)10(13)4-9(8)6-12/h4-5H,2-3,6H2,1H3. The molecule has 0 amide bonds. The lowest BCUT2D eigenvalue weighted by atomic mass is 9.81. The third-order valence-corrected chi connectivity index (χ3v) is 4.01. The van der Waals surface area contributed by atoms with Crippen molar-refractivity contribution in [2.45, 2.75) is 31.1 Å². The van der Waals surface area contributed by atoms with Gasteiger partial charge in [-0.05, 0) is 49.4 Å². The highest BCUT2D eigenvalue weighted by Gasteiger charge is 2.36. The number of carbonyl (C=O) groups is 1. The molecule has 86 valence electrons. The number of Topliss-reactive ketones (excluding diaryl/α,β-unsaturated/α-hetero) is 1. The Morgan fingerprint density at radius 2 is 2.12 bits per heavy atom. The predicted octanol–water partition coefficient (Wildman–Crippen LogP) is 3.53. The van der Waals surface area contributed by atoms with Gasteiger partial charge in [-0.2, -0.15) is 0 Å². The highest BCUT2D eigenvalue weighted by molar-refractivity contribution is 6.35. The summed E-state index contributed by atoms with van der Waals surface area (Å²) in [7, 11) is 0. The summed E-state index contributed by atoms with van der Waals surface area (Å²) in [6.07, 6.45) is 1.60. The van der Waals surface area contributed by atoms with Crippen molar-refractivity contribution in [3.05, 3.63) is 34.1 Å². The molecule has 0 aromatic heterocycles. The van der Waals surface area contributed by atoms with Gasteiger partial charge in [0, 0.05) is 0 Å². The van der Waals surface area contributed by atoms with Gasteiger partial charge in [0.25, 0.3) is 0 Å². The minimum Gasteiger partial charge on any atom is -0.298 e. The zero-order chi connectivity index (χ0) is 11.9. The first kappa shape index (κ1) is 11.9. The predicted molar refractivity (Wildman–Crippen MR) is 62.7 cm³/mol. The Bertz CT molecular complexity index is 459. The Labute approximate surface area is 104 Å². The molecule has 1 aromatic carbocycles. The van der Waals surface area contributed by atoms with Crippen LogP contribution in [0.4, 0.5) is 4.39 Å². The molecule has 1 unspecified atom stereocenters. The monoisotopic (exact) mass is 260 g/mol. The molecule has 1 nitrogen and oxygen atoms in total. The SMILES string of the molecule is CC(=O)C1(Cl)CCc2cc(F)c(Cl)cc2C1. The molecule has 0 saturated heterocycles. The summed E-state index contributed by atoms with van der Waals surface area (Å²) in [4.78, 5) is 10.6. The Hall–Kier alpha value is -0.600.